The minimum absolute atomic E-state index is 0.132. The van der Waals surface area contributed by atoms with Gasteiger partial charge in [0.15, 0.2) is 0 Å². The van der Waals surface area contributed by atoms with Crippen molar-refractivity contribution in [3.05, 3.63) is 47.2 Å². The van der Waals surface area contributed by atoms with Gasteiger partial charge in [-0.3, -0.25) is 4.79 Å². The molecule has 158 valence electrons. The summed E-state index contributed by atoms with van der Waals surface area (Å²) in [6, 6.07) is 5.79. The Balaban J connectivity index is 2.04. The molecule has 0 aromatic heterocycles. The van der Waals surface area contributed by atoms with Crippen LogP contribution in [-0.2, 0) is 20.7 Å². The molecule has 0 spiro atoms. The third kappa shape index (κ3) is 6.30. The van der Waals surface area contributed by atoms with Crippen LogP contribution in [0.1, 0.15) is 49.3 Å². The van der Waals surface area contributed by atoms with Crippen molar-refractivity contribution < 1.29 is 23.0 Å². The molecule has 1 aromatic rings. The zero-order chi connectivity index (χ0) is 21.4. The highest BCUT2D eigenvalue weighted by molar-refractivity contribution is 5.80. The predicted octanol–water partition coefficient (Wildman–Crippen LogP) is 4.15. The monoisotopic (exact) mass is 405 g/mol. The quantitative estimate of drug-likeness (QED) is 0.522. The van der Waals surface area contributed by atoms with Gasteiger partial charge in [-0.15, -0.1) is 5.92 Å². The molecule has 1 saturated carbocycles. The van der Waals surface area contributed by atoms with E-state index in [-0.39, 0.29) is 18.4 Å². The molecule has 0 radical (unpaired) electrons. The number of aryl methyl sites for hydroxylation is 1. The van der Waals surface area contributed by atoms with E-state index in [1.807, 2.05) is 25.1 Å². The lowest BCUT2D eigenvalue weighted by atomic mass is 9.78. The molecule has 0 heterocycles. The van der Waals surface area contributed by atoms with Gasteiger partial charge in [-0.2, -0.15) is 0 Å². The number of halogens is 2. The van der Waals surface area contributed by atoms with Gasteiger partial charge in [0.2, 0.25) is 5.91 Å². The molecule has 1 aromatic carbocycles. The maximum Gasteiger partial charge on any atom is 0.261 e. The topological polar surface area (TPSA) is 47.6 Å². The molecular weight excluding hydrogens is 376 g/mol. The molecule has 0 atom stereocenters. The Labute approximate surface area is 171 Å². The normalized spacial score (nSPS) is 21.2. The van der Waals surface area contributed by atoms with E-state index in [0.29, 0.717) is 31.4 Å². The summed E-state index contributed by atoms with van der Waals surface area (Å²) < 4.78 is 35.4. The third-order valence-electron chi connectivity index (χ3n) is 5.37. The SMILES string of the molecule is C=C(OC)C1(NC(=O)Cc2ccc(C#CC)cc2C)CCC(OCC(F)F)CC1. The Bertz CT molecular complexity index is 787. The summed E-state index contributed by atoms with van der Waals surface area (Å²) >= 11 is 0. The minimum atomic E-state index is -2.48. The minimum Gasteiger partial charge on any atom is -0.499 e. The summed E-state index contributed by atoms with van der Waals surface area (Å²) in [5.74, 6) is 6.21. The number of benzene rings is 1. The highest BCUT2D eigenvalue weighted by Crippen LogP contribution is 2.35. The van der Waals surface area contributed by atoms with Crippen molar-refractivity contribution in [2.75, 3.05) is 13.7 Å². The molecule has 0 saturated heterocycles. The van der Waals surface area contributed by atoms with E-state index in [0.717, 1.165) is 16.7 Å². The van der Waals surface area contributed by atoms with Crippen molar-refractivity contribution in [1.29, 1.82) is 0 Å². The number of amides is 1. The van der Waals surface area contributed by atoms with Crippen molar-refractivity contribution >= 4 is 5.91 Å². The second-order valence-electron chi connectivity index (χ2n) is 7.37. The van der Waals surface area contributed by atoms with Gasteiger partial charge in [0, 0.05) is 5.56 Å². The molecule has 0 unspecified atom stereocenters. The van der Waals surface area contributed by atoms with Gasteiger partial charge in [0.1, 0.15) is 12.4 Å². The van der Waals surface area contributed by atoms with Crippen molar-refractivity contribution in [2.24, 2.45) is 0 Å². The molecular formula is C23H29F2NO3. The van der Waals surface area contributed by atoms with Crippen molar-refractivity contribution in [2.45, 2.75) is 64.0 Å². The lowest BCUT2D eigenvalue weighted by molar-refractivity contribution is -0.123. The van der Waals surface area contributed by atoms with E-state index in [9.17, 15) is 13.6 Å². The first-order valence-electron chi connectivity index (χ1n) is 9.76. The summed E-state index contributed by atoms with van der Waals surface area (Å²) in [6.45, 7) is 7.14. The fourth-order valence-electron chi connectivity index (χ4n) is 3.73. The Kier molecular flexibility index (Phi) is 8.21. The average Bonchev–Trinajstić information content (AvgIpc) is 2.69. The summed E-state index contributed by atoms with van der Waals surface area (Å²) in [5, 5.41) is 3.09. The second kappa shape index (κ2) is 10.4. The van der Waals surface area contributed by atoms with Crippen molar-refractivity contribution in [3.8, 4) is 11.8 Å². The van der Waals surface area contributed by atoms with Crippen molar-refractivity contribution in [3.63, 3.8) is 0 Å². The van der Waals surface area contributed by atoms with Crippen LogP contribution < -0.4 is 5.32 Å². The number of carbonyl (C=O) groups is 1. The predicted molar refractivity (Wildman–Crippen MR) is 109 cm³/mol. The average molecular weight is 405 g/mol. The standard InChI is InChI=1S/C23H29F2NO3/c1-5-6-18-7-8-19(16(2)13-18)14-22(27)26-23(17(3)28-4)11-9-20(10-12-23)29-15-21(24)25/h7-8,13,20-21H,3,9-12,14-15H2,1-2,4H3,(H,26,27). The number of hydrogen-bond donors (Lipinski definition) is 1. The molecule has 6 heteroatoms. The number of nitrogens with one attached hydrogen (secondary N) is 1. The zero-order valence-electron chi connectivity index (χ0n) is 17.3. The summed E-state index contributed by atoms with van der Waals surface area (Å²) in [6.07, 6.45) is -0.318. The van der Waals surface area contributed by atoms with Gasteiger partial charge < -0.3 is 14.8 Å². The lowest BCUT2D eigenvalue weighted by Crippen LogP contribution is -2.53. The fourth-order valence-corrected chi connectivity index (χ4v) is 3.73. The molecule has 1 aliphatic carbocycles. The molecule has 0 aliphatic heterocycles. The molecule has 1 amide bonds. The first-order valence-corrected chi connectivity index (χ1v) is 9.76. The molecule has 1 N–H and O–H groups in total. The molecule has 0 bridgehead atoms. The van der Waals surface area contributed by atoms with E-state index >= 15 is 0 Å². The van der Waals surface area contributed by atoms with Gasteiger partial charge in [-0.25, -0.2) is 8.78 Å². The zero-order valence-corrected chi connectivity index (χ0v) is 17.3. The summed E-state index contributed by atoms with van der Waals surface area (Å²) in [7, 11) is 1.52. The van der Waals surface area contributed by atoms with Gasteiger partial charge in [-0.1, -0.05) is 18.6 Å². The number of rotatable bonds is 8. The van der Waals surface area contributed by atoms with Crippen molar-refractivity contribution in [1.82, 2.24) is 5.32 Å². The Morgan fingerprint density at radius 1 is 1.38 bits per heavy atom. The van der Waals surface area contributed by atoms with Crippen LogP contribution in [-0.4, -0.2) is 37.7 Å². The number of carbonyl (C=O) groups excluding carboxylic acids is 1. The molecule has 4 nitrogen and oxygen atoms in total. The van der Waals surface area contributed by atoms with E-state index in [4.69, 9.17) is 9.47 Å². The molecule has 2 rings (SSSR count). The number of ether oxygens (including phenoxy) is 2. The highest BCUT2D eigenvalue weighted by atomic mass is 19.3. The second-order valence-corrected chi connectivity index (χ2v) is 7.37. The van der Waals surface area contributed by atoms with Crippen LogP contribution in [0.4, 0.5) is 8.78 Å². The van der Waals surface area contributed by atoms with Crippen LogP contribution in [0.5, 0.6) is 0 Å². The van der Waals surface area contributed by atoms with Gasteiger partial charge >= 0.3 is 0 Å². The molecule has 1 fully saturated rings. The van der Waals surface area contributed by atoms with E-state index < -0.39 is 18.6 Å². The van der Waals surface area contributed by atoms with Crippen LogP contribution >= 0.6 is 0 Å². The van der Waals surface area contributed by atoms with Gasteiger partial charge in [-0.05, 0) is 62.8 Å². The Morgan fingerprint density at radius 3 is 2.62 bits per heavy atom. The molecule has 29 heavy (non-hydrogen) atoms. The first kappa shape index (κ1) is 22.9. The van der Waals surface area contributed by atoms with Gasteiger partial charge in [0.05, 0.1) is 25.2 Å². The van der Waals surface area contributed by atoms with Crippen LogP contribution in [0, 0.1) is 18.8 Å². The maximum atomic E-state index is 12.8. The van der Waals surface area contributed by atoms with Crippen LogP contribution in [0.3, 0.4) is 0 Å². The highest BCUT2D eigenvalue weighted by Gasteiger charge is 2.40. The third-order valence-corrected chi connectivity index (χ3v) is 5.37. The lowest BCUT2D eigenvalue weighted by Gasteiger charge is -2.41. The van der Waals surface area contributed by atoms with E-state index in [1.54, 1.807) is 6.92 Å². The maximum absolute atomic E-state index is 12.8. The largest absolute Gasteiger partial charge is 0.499 e. The van der Waals surface area contributed by atoms with Crippen LogP contribution in [0.15, 0.2) is 30.5 Å². The Morgan fingerprint density at radius 2 is 2.07 bits per heavy atom. The first-order chi connectivity index (χ1) is 13.8. The van der Waals surface area contributed by atoms with E-state index in [2.05, 4.69) is 23.7 Å². The van der Waals surface area contributed by atoms with Gasteiger partial charge in [0.25, 0.3) is 6.43 Å². The summed E-state index contributed by atoms with van der Waals surface area (Å²) in [4.78, 5) is 12.8. The van der Waals surface area contributed by atoms with Crippen LogP contribution in [0.2, 0.25) is 0 Å². The molecule has 1 aliphatic rings. The number of hydrogen-bond acceptors (Lipinski definition) is 3. The number of alkyl halides is 2. The summed E-state index contributed by atoms with van der Waals surface area (Å²) in [5.41, 5.74) is 2.14. The number of methoxy groups -OCH3 is 1. The Hall–Kier alpha value is -2.39. The smallest absolute Gasteiger partial charge is 0.261 e. The van der Waals surface area contributed by atoms with Crippen LogP contribution in [0.25, 0.3) is 0 Å². The fraction of sp³-hybridized carbons (Fsp3) is 0.522. The van der Waals surface area contributed by atoms with E-state index in [1.165, 1.54) is 7.11 Å².